The number of likely N-dealkylation sites (tertiary alicyclic amines) is 1. The molecule has 2 N–H and O–H groups in total. The number of hydrogen-bond donors (Lipinski definition) is 2. The molecule has 0 spiro atoms. The highest BCUT2D eigenvalue weighted by Crippen LogP contribution is 2.20. The van der Waals surface area contributed by atoms with E-state index < -0.39 is 0 Å². The predicted molar refractivity (Wildman–Crippen MR) is 112 cm³/mol. The number of thioether (sulfide) groups is 1. The Hall–Kier alpha value is -2.46. The molecule has 0 bridgehead atoms. The zero-order valence-electron chi connectivity index (χ0n) is 15.6. The van der Waals surface area contributed by atoms with Crippen LogP contribution in [0.4, 0.5) is 15.2 Å². The number of nitrogens with one attached hydrogen (secondary N) is 2. The van der Waals surface area contributed by atoms with Crippen LogP contribution < -0.4 is 10.6 Å². The molecule has 1 aliphatic heterocycles. The van der Waals surface area contributed by atoms with Crippen molar-refractivity contribution in [2.24, 2.45) is 5.92 Å². The maximum atomic E-state index is 12.9. The van der Waals surface area contributed by atoms with E-state index in [-0.39, 0.29) is 41.0 Å². The van der Waals surface area contributed by atoms with Crippen molar-refractivity contribution >= 4 is 51.6 Å². The summed E-state index contributed by atoms with van der Waals surface area (Å²) in [5.41, 5.74) is 0.508. The molecule has 0 radical (unpaired) electrons. The third-order valence-corrected chi connectivity index (χ3v) is 6.00. The van der Waals surface area contributed by atoms with Crippen LogP contribution in [0.5, 0.6) is 0 Å². The summed E-state index contributed by atoms with van der Waals surface area (Å²) < 4.78 is 12.9. The fourth-order valence-electron chi connectivity index (χ4n) is 2.96. The second-order valence-electron chi connectivity index (χ2n) is 6.55. The van der Waals surface area contributed by atoms with Crippen molar-refractivity contribution in [3.63, 3.8) is 0 Å². The number of carbonyl (C=O) groups excluding carboxylic acids is 3. The molecular weight excluding hydrogens is 415 g/mol. The lowest BCUT2D eigenvalue weighted by atomic mass is 9.97. The highest BCUT2D eigenvalue weighted by Gasteiger charge is 2.28. The number of aromatic nitrogens is 1. The second kappa shape index (κ2) is 10.4. The number of anilines is 2. The fraction of sp³-hybridized carbons (Fsp3) is 0.368. The van der Waals surface area contributed by atoms with Crippen LogP contribution in [0.3, 0.4) is 0 Å². The first-order valence-electron chi connectivity index (χ1n) is 9.12. The summed E-state index contributed by atoms with van der Waals surface area (Å²) >= 11 is 2.57. The quantitative estimate of drug-likeness (QED) is 0.697. The number of halogens is 1. The van der Waals surface area contributed by atoms with E-state index in [1.807, 2.05) is 0 Å². The van der Waals surface area contributed by atoms with Crippen molar-refractivity contribution in [3.8, 4) is 0 Å². The molecule has 3 amide bonds. The van der Waals surface area contributed by atoms with Crippen LogP contribution in [0.15, 0.2) is 35.8 Å². The highest BCUT2D eigenvalue weighted by molar-refractivity contribution is 8.00. The molecule has 2 heterocycles. The lowest BCUT2D eigenvalue weighted by molar-refractivity contribution is -0.132. The normalized spacial score (nSPS) is 16.3. The van der Waals surface area contributed by atoms with E-state index in [1.54, 1.807) is 16.5 Å². The van der Waals surface area contributed by atoms with Gasteiger partial charge in [-0.1, -0.05) is 0 Å². The molecular formula is C19H21FN4O3S2. The summed E-state index contributed by atoms with van der Waals surface area (Å²) in [6, 6.07) is 5.49. The van der Waals surface area contributed by atoms with E-state index >= 15 is 0 Å². The monoisotopic (exact) mass is 436 g/mol. The van der Waals surface area contributed by atoms with Gasteiger partial charge in [0.25, 0.3) is 0 Å². The van der Waals surface area contributed by atoms with Gasteiger partial charge in [0.05, 0.1) is 17.4 Å². The number of piperidine rings is 1. The Balaban J connectivity index is 1.39. The Labute approximate surface area is 176 Å². The van der Waals surface area contributed by atoms with Crippen LogP contribution in [0.25, 0.3) is 0 Å². The molecule has 154 valence electrons. The van der Waals surface area contributed by atoms with Crippen LogP contribution in [0.2, 0.25) is 0 Å². The molecule has 0 aliphatic carbocycles. The molecule has 1 aromatic carbocycles. The number of carbonyl (C=O) groups is 3. The van der Waals surface area contributed by atoms with Crippen molar-refractivity contribution in [1.82, 2.24) is 9.88 Å². The van der Waals surface area contributed by atoms with Gasteiger partial charge < -0.3 is 15.5 Å². The average molecular weight is 437 g/mol. The van der Waals surface area contributed by atoms with E-state index in [1.165, 1.54) is 47.4 Å². The zero-order valence-corrected chi connectivity index (χ0v) is 17.2. The Morgan fingerprint density at radius 2 is 2.00 bits per heavy atom. The van der Waals surface area contributed by atoms with Crippen LogP contribution in [0, 0.1) is 11.7 Å². The van der Waals surface area contributed by atoms with E-state index in [0.29, 0.717) is 23.9 Å². The number of nitrogens with zero attached hydrogens (tertiary/aromatic N) is 2. The van der Waals surface area contributed by atoms with Gasteiger partial charge in [0.15, 0.2) is 5.13 Å². The van der Waals surface area contributed by atoms with Gasteiger partial charge in [0.2, 0.25) is 17.7 Å². The number of amides is 3. The fourth-order valence-corrected chi connectivity index (χ4v) is 4.21. The molecule has 2 aromatic rings. The van der Waals surface area contributed by atoms with Crippen molar-refractivity contribution < 1.29 is 18.8 Å². The minimum atomic E-state index is -0.372. The molecule has 10 heteroatoms. The summed E-state index contributed by atoms with van der Waals surface area (Å²) in [6.45, 7) is 0.987. The third-order valence-electron chi connectivity index (χ3n) is 4.39. The first kappa shape index (κ1) is 21.3. The zero-order chi connectivity index (χ0) is 20.6. The third kappa shape index (κ3) is 6.53. The molecule has 1 aliphatic rings. The Morgan fingerprint density at radius 1 is 1.21 bits per heavy atom. The largest absolute Gasteiger partial charge is 0.341 e. The number of rotatable bonds is 7. The average Bonchev–Trinajstić information content (AvgIpc) is 3.23. The minimum Gasteiger partial charge on any atom is -0.341 e. The molecule has 1 aromatic heterocycles. The van der Waals surface area contributed by atoms with Gasteiger partial charge in [-0.05, 0) is 37.1 Å². The maximum absolute atomic E-state index is 12.9. The van der Waals surface area contributed by atoms with E-state index in [2.05, 4.69) is 15.6 Å². The number of thiazole rings is 1. The molecule has 7 nitrogen and oxygen atoms in total. The summed E-state index contributed by atoms with van der Waals surface area (Å²) in [4.78, 5) is 42.5. The van der Waals surface area contributed by atoms with Crippen molar-refractivity contribution in [3.05, 3.63) is 41.7 Å². The maximum Gasteiger partial charge on any atom is 0.234 e. The summed E-state index contributed by atoms with van der Waals surface area (Å²) in [5, 5.41) is 7.78. The van der Waals surface area contributed by atoms with Gasteiger partial charge in [0.1, 0.15) is 5.82 Å². The second-order valence-corrected chi connectivity index (χ2v) is 8.43. The van der Waals surface area contributed by atoms with Gasteiger partial charge in [-0.3, -0.25) is 14.4 Å². The Morgan fingerprint density at radius 3 is 2.72 bits per heavy atom. The molecule has 29 heavy (non-hydrogen) atoms. The Bertz CT molecular complexity index is 846. The number of benzene rings is 1. The Kier molecular flexibility index (Phi) is 7.59. The lowest BCUT2D eigenvalue weighted by Gasteiger charge is -2.31. The van der Waals surface area contributed by atoms with E-state index in [0.717, 1.165) is 12.8 Å². The van der Waals surface area contributed by atoms with Crippen LogP contribution in [-0.2, 0) is 14.4 Å². The molecule has 1 saturated heterocycles. The number of hydrogen-bond acceptors (Lipinski definition) is 6. The topological polar surface area (TPSA) is 91.4 Å². The van der Waals surface area contributed by atoms with Crippen LogP contribution in [-0.4, -0.2) is 52.2 Å². The summed E-state index contributed by atoms with van der Waals surface area (Å²) in [7, 11) is 0. The minimum absolute atomic E-state index is 0.0867. The van der Waals surface area contributed by atoms with Crippen molar-refractivity contribution in [1.29, 1.82) is 0 Å². The first-order chi connectivity index (χ1) is 14.0. The summed E-state index contributed by atoms with van der Waals surface area (Å²) in [5.74, 6) is -0.817. The van der Waals surface area contributed by atoms with Gasteiger partial charge >= 0.3 is 0 Å². The predicted octanol–water partition coefficient (Wildman–Crippen LogP) is 2.83. The smallest absolute Gasteiger partial charge is 0.234 e. The highest BCUT2D eigenvalue weighted by atomic mass is 32.2. The van der Waals surface area contributed by atoms with Gasteiger partial charge in [0, 0.05) is 30.4 Å². The van der Waals surface area contributed by atoms with E-state index in [4.69, 9.17) is 0 Å². The van der Waals surface area contributed by atoms with Gasteiger partial charge in [-0.25, -0.2) is 9.37 Å². The lowest BCUT2D eigenvalue weighted by Crippen LogP contribution is -2.44. The standard InChI is InChI=1S/C19H21FN4O3S2/c20-14-3-5-15(6-4-14)22-16(25)11-28-12-17(26)24-8-1-2-13(10-24)18(27)23-19-21-7-9-29-19/h3-7,9,13H,1-2,8,10-12H2,(H,22,25)(H,21,23,27). The molecule has 1 fully saturated rings. The molecule has 3 rings (SSSR count). The van der Waals surface area contributed by atoms with Crippen molar-refractivity contribution in [2.45, 2.75) is 12.8 Å². The van der Waals surface area contributed by atoms with Crippen LogP contribution in [0.1, 0.15) is 12.8 Å². The van der Waals surface area contributed by atoms with E-state index in [9.17, 15) is 18.8 Å². The first-order valence-corrected chi connectivity index (χ1v) is 11.2. The van der Waals surface area contributed by atoms with Gasteiger partial charge in [-0.2, -0.15) is 0 Å². The van der Waals surface area contributed by atoms with Crippen LogP contribution >= 0.6 is 23.1 Å². The molecule has 1 unspecified atom stereocenters. The summed E-state index contributed by atoms with van der Waals surface area (Å²) in [6.07, 6.45) is 3.12. The molecule has 1 atom stereocenters. The van der Waals surface area contributed by atoms with Crippen molar-refractivity contribution in [2.75, 3.05) is 35.2 Å². The van der Waals surface area contributed by atoms with Gasteiger partial charge in [-0.15, -0.1) is 23.1 Å². The molecule has 0 saturated carbocycles. The SMILES string of the molecule is O=C(CSCC(=O)N1CCCC(C(=O)Nc2nccs2)C1)Nc1ccc(F)cc1.